The summed E-state index contributed by atoms with van der Waals surface area (Å²) in [5.74, 6) is 2.51. The monoisotopic (exact) mass is 566 g/mol. The van der Waals surface area contributed by atoms with Gasteiger partial charge in [0.05, 0.1) is 13.3 Å². The smallest absolute Gasteiger partial charge is 0.349 e. The second-order valence-corrected chi connectivity index (χ2v) is 16.6. The molecule has 1 aromatic heterocycles. The number of anilines is 1. The van der Waals surface area contributed by atoms with Crippen LogP contribution in [-0.2, 0) is 9.53 Å². The highest BCUT2D eigenvalue weighted by Gasteiger charge is 2.71. The molecular formula is C34H50N2O3S. The molecule has 0 N–H and O–H groups in total. The maximum atomic E-state index is 12.7. The quantitative estimate of drug-likeness (QED) is 0.210. The summed E-state index contributed by atoms with van der Waals surface area (Å²) >= 11 is 1.47. The van der Waals surface area contributed by atoms with Gasteiger partial charge in [-0.25, -0.2) is 9.78 Å². The number of ether oxygens (including phenoxy) is 1. The van der Waals surface area contributed by atoms with Crippen molar-refractivity contribution < 1.29 is 14.3 Å². The first kappa shape index (κ1) is 28.4. The number of hydrogen-bond acceptors (Lipinski definition) is 6. The van der Waals surface area contributed by atoms with E-state index < -0.39 is 0 Å². The van der Waals surface area contributed by atoms with E-state index in [0.29, 0.717) is 34.5 Å². The Kier molecular flexibility index (Phi) is 6.51. The summed E-state index contributed by atoms with van der Waals surface area (Å²) < 4.78 is 4.96. The molecule has 6 rings (SSSR count). The molecule has 6 heteroatoms. The first-order valence-electron chi connectivity index (χ1n) is 15.7. The molecule has 5 aliphatic rings. The minimum absolute atomic E-state index is 0.0485. The highest BCUT2D eigenvalue weighted by Crippen LogP contribution is 2.76. The number of hydrogen-bond donors (Lipinski definition) is 0. The van der Waals surface area contributed by atoms with Gasteiger partial charge >= 0.3 is 5.97 Å². The largest absolute Gasteiger partial charge is 0.465 e. The summed E-state index contributed by atoms with van der Waals surface area (Å²) in [4.78, 5) is 32.6. The van der Waals surface area contributed by atoms with Gasteiger partial charge < -0.3 is 14.4 Å². The third-order valence-electron chi connectivity index (χ3n) is 14.2. The molecule has 220 valence electrons. The van der Waals surface area contributed by atoms with Gasteiger partial charge in [-0.1, -0.05) is 44.3 Å². The van der Waals surface area contributed by atoms with Crippen LogP contribution in [0.2, 0.25) is 0 Å². The van der Waals surface area contributed by atoms with E-state index in [1.54, 1.807) is 6.20 Å². The van der Waals surface area contributed by atoms with E-state index in [4.69, 9.17) is 9.72 Å². The van der Waals surface area contributed by atoms with Gasteiger partial charge in [-0.3, -0.25) is 0 Å². The lowest BCUT2D eigenvalue weighted by atomic mass is 9.33. The van der Waals surface area contributed by atoms with Crippen molar-refractivity contribution in [1.82, 2.24) is 4.98 Å². The number of aldehydes is 1. The van der Waals surface area contributed by atoms with Crippen LogP contribution in [0.5, 0.6) is 0 Å². The van der Waals surface area contributed by atoms with E-state index >= 15 is 0 Å². The molecule has 4 aliphatic carbocycles. The minimum atomic E-state index is -0.302. The number of nitrogens with zero attached hydrogens (tertiary/aromatic N) is 2. The van der Waals surface area contributed by atoms with Crippen LogP contribution in [0.1, 0.15) is 109 Å². The van der Waals surface area contributed by atoms with Crippen LogP contribution in [0.15, 0.2) is 18.3 Å². The molecule has 0 aromatic carbocycles. The number of piperidine rings is 1. The van der Waals surface area contributed by atoms with Gasteiger partial charge in [-0.05, 0) is 124 Å². The van der Waals surface area contributed by atoms with E-state index in [0.717, 1.165) is 37.4 Å². The molecule has 0 bridgehead atoms. The molecule has 0 amide bonds. The fraction of sp³-hybridized carbons (Fsp3) is 0.794. The molecule has 1 aromatic rings. The zero-order valence-electron chi connectivity index (χ0n) is 25.8. The maximum absolute atomic E-state index is 12.7. The van der Waals surface area contributed by atoms with Crippen molar-refractivity contribution in [2.45, 2.75) is 105 Å². The first-order valence-corrected chi connectivity index (χ1v) is 16.5. The standard InChI is InChI=1S/C34H50N2O3S/c1-21(2)22-11-14-34(20-37)16-15-32(6)23(27(22)34)9-10-26-31(5)17-18-36(29-35-19-24(40-29)28(38)39-8)30(3,4)25(31)12-13-33(26,32)7/h19-20,22-23,25-27H,1,9-18H2,2-8H3/t22-,23+,25-,26+,27+,31-,32+,33+,34+/m0/s1. The van der Waals surface area contributed by atoms with E-state index in [9.17, 15) is 9.59 Å². The van der Waals surface area contributed by atoms with Crippen LogP contribution in [0.25, 0.3) is 0 Å². The number of thiazole rings is 1. The molecule has 2 heterocycles. The molecule has 1 saturated heterocycles. The van der Waals surface area contributed by atoms with Crippen molar-refractivity contribution in [1.29, 1.82) is 0 Å². The van der Waals surface area contributed by atoms with E-state index in [2.05, 4.69) is 53.0 Å². The average molecular weight is 567 g/mol. The Hall–Kier alpha value is -1.69. The third-order valence-corrected chi connectivity index (χ3v) is 15.2. The van der Waals surface area contributed by atoms with Crippen molar-refractivity contribution in [3.05, 3.63) is 23.2 Å². The van der Waals surface area contributed by atoms with Crippen LogP contribution < -0.4 is 4.90 Å². The molecule has 0 spiro atoms. The third kappa shape index (κ3) is 3.53. The Labute approximate surface area is 245 Å². The van der Waals surface area contributed by atoms with Gasteiger partial charge in [0.15, 0.2) is 5.13 Å². The van der Waals surface area contributed by atoms with Crippen LogP contribution in [0.3, 0.4) is 0 Å². The number of carbonyl (C=O) groups is 2. The van der Waals surface area contributed by atoms with Crippen LogP contribution in [0.4, 0.5) is 5.13 Å². The minimum Gasteiger partial charge on any atom is -0.465 e. The molecule has 0 radical (unpaired) electrons. The van der Waals surface area contributed by atoms with Gasteiger partial charge in [0.25, 0.3) is 0 Å². The zero-order chi connectivity index (χ0) is 28.9. The molecular weight excluding hydrogens is 516 g/mol. The molecule has 9 atom stereocenters. The SMILES string of the molecule is C=C(C)[C@@H]1CC[C@]2(C=O)CC[C@]3(C)[C@H](CC[C@@H]4[C@@]5(C)CCN(c6ncc(C(=O)OC)s6)C(C)(C)[C@@H]5CC[C@]43C)[C@@H]12. The Bertz CT molecular complexity index is 1220. The number of fused-ring (bicyclic) bond motifs is 7. The highest BCUT2D eigenvalue weighted by atomic mass is 32.1. The summed E-state index contributed by atoms with van der Waals surface area (Å²) in [6.07, 6.45) is 13.7. The van der Waals surface area contributed by atoms with Crippen molar-refractivity contribution in [2.75, 3.05) is 18.6 Å². The Morgan fingerprint density at radius 3 is 2.45 bits per heavy atom. The fourth-order valence-corrected chi connectivity index (χ4v) is 13.0. The normalized spacial score (nSPS) is 45.5. The number of carbonyl (C=O) groups excluding carboxylic acids is 2. The van der Waals surface area contributed by atoms with Crippen LogP contribution in [-0.4, -0.2) is 36.4 Å². The topological polar surface area (TPSA) is 59.5 Å². The van der Waals surface area contributed by atoms with E-state index in [-0.39, 0.29) is 33.2 Å². The second kappa shape index (κ2) is 9.15. The average Bonchev–Trinajstić information content (AvgIpc) is 3.54. The van der Waals surface area contributed by atoms with Crippen LogP contribution in [0, 0.1) is 51.2 Å². The molecule has 40 heavy (non-hydrogen) atoms. The predicted molar refractivity (Wildman–Crippen MR) is 162 cm³/mol. The lowest BCUT2D eigenvalue weighted by Gasteiger charge is -2.73. The maximum Gasteiger partial charge on any atom is 0.349 e. The Morgan fingerprint density at radius 2 is 1.77 bits per heavy atom. The van der Waals surface area contributed by atoms with Gasteiger partial charge in [0.2, 0.25) is 0 Å². The zero-order valence-corrected chi connectivity index (χ0v) is 26.7. The van der Waals surface area contributed by atoms with Crippen molar-refractivity contribution >= 4 is 28.7 Å². The molecule has 5 nitrogen and oxygen atoms in total. The Balaban J connectivity index is 1.33. The van der Waals surface area contributed by atoms with Crippen molar-refractivity contribution in [2.24, 2.45) is 51.2 Å². The van der Waals surface area contributed by atoms with Gasteiger partial charge in [-0.2, -0.15) is 0 Å². The second-order valence-electron chi connectivity index (χ2n) is 15.6. The van der Waals surface area contributed by atoms with E-state index in [1.165, 1.54) is 62.4 Å². The van der Waals surface area contributed by atoms with Gasteiger partial charge in [0.1, 0.15) is 11.2 Å². The lowest BCUT2D eigenvalue weighted by Crippen LogP contribution is -2.69. The summed E-state index contributed by atoms with van der Waals surface area (Å²) in [5, 5.41) is 0.945. The van der Waals surface area contributed by atoms with Crippen molar-refractivity contribution in [3.63, 3.8) is 0 Å². The van der Waals surface area contributed by atoms with Crippen molar-refractivity contribution in [3.8, 4) is 0 Å². The summed E-state index contributed by atoms with van der Waals surface area (Å²) in [6, 6.07) is 0. The summed E-state index contributed by atoms with van der Waals surface area (Å²) in [7, 11) is 1.43. The molecule has 1 aliphatic heterocycles. The molecule has 4 saturated carbocycles. The highest BCUT2D eigenvalue weighted by molar-refractivity contribution is 7.17. The summed E-state index contributed by atoms with van der Waals surface area (Å²) in [5.41, 5.74) is 1.91. The fourth-order valence-electron chi connectivity index (χ4n) is 12.0. The number of aromatic nitrogens is 1. The summed E-state index contributed by atoms with van der Waals surface area (Å²) in [6.45, 7) is 20.4. The Morgan fingerprint density at radius 1 is 1.02 bits per heavy atom. The van der Waals surface area contributed by atoms with Crippen LogP contribution >= 0.6 is 11.3 Å². The number of allylic oxidation sites excluding steroid dienone is 1. The number of esters is 1. The number of methoxy groups -OCH3 is 1. The predicted octanol–water partition coefficient (Wildman–Crippen LogP) is 7.95. The van der Waals surface area contributed by atoms with E-state index in [1.807, 2.05) is 0 Å². The number of rotatable bonds is 4. The first-order chi connectivity index (χ1) is 18.8. The van der Waals surface area contributed by atoms with Gasteiger partial charge in [-0.15, -0.1) is 0 Å². The van der Waals surface area contributed by atoms with Gasteiger partial charge in [0, 0.05) is 17.5 Å². The lowest BCUT2D eigenvalue weighted by molar-refractivity contribution is -0.225. The molecule has 0 unspecified atom stereocenters. The molecule has 5 fully saturated rings.